The maximum Gasteiger partial charge on any atom is 0.336 e. The van der Waals surface area contributed by atoms with Crippen LogP contribution in [0.25, 0.3) is 11.0 Å². The van der Waals surface area contributed by atoms with Crippen molar-refractivity contribution in [2.24, 2.45) is 5.92 Å². The number of fused-ring (bicyclic) bond motifs is 1. The summed E-state index contributed by atoms with van der Waals surface area (Å²) in [6, 6.07) is 5.36. The molecule has 1 aromatic heterocycles. The highest BCUT2D eigenvalue weighted by Gasteiger charge is 2.25. The Hall–Kier alpha value is -2.83. The first-order chi connectivity index (χ1) is 11.8. The van der Waals surface area contributed by atoms with Gasteiger partial charge in [-0.1, -0.05) is 20.3 Å². The molecule has 134 valence electrons. The first kappa shape index (κ1) is 18.5. The van der Waals surface area contributed by atoms with E-state index in [4.69, 9.17) is 9.15 Å². The van der Waals surface area contributed by atoms with Crippen LogP contribution in [-0.2, 0) is 9.59 Å². The van der Waals surface area contributed by atoms with Crippen LogP contribution in [0.2, 0.25) is 0 Å². The lowest BCUT2D eigenvalue weighted by Crippen LogP contribution is -2.46. The van der Waals surface area contributed by atoms with Gasteiger partial charge in [-0.05, 0) is 30.5 Å². The van der Waals surface area contributed by atoms with Crippen molar-refractivity contribution >= 4 is 22.8 Å². The Balaban J connectivity index is 2.05. The molecule has 7 heteroatoms. The largest absolute Gasteiger partial charge is 0.484 e. The molecule has 2 aromatic rings. The molecule has 0 aliphatic heterocycles. The minimum Gasteiger partial charge on any atom is -0.484 e. The van der Waals surface area contributed by atoms with E-state index in [1.54, 1.807) is 26.0 Å². The smallest absolute Gasteiger partial charge is 0.336 e. The van der Waals surface area contributed by atoms with Gasteiger partial charge >= 0.3 is 11.6 Å². The second kappa shape index (κ2) is 7.83. The van der Waals surface area contributed by atoms with Crippen LogP contribution in [0, 0.1) is 12.8 Å². The van der Waals surface area contributed by atoms with E-state index in [1.807, 2.05) is 6.92 Å². The van der Waals surface area contributed by atoms with Gasteiger partial charge < -0.3 is 19.6 Å². The van der Waals surface area contributed by atoms with E-state index in [-0.39, 0.29) is 12.5 Å². The Kier molecular flexibility index (Phi) is 5.80. The lowest BCUT2D eigenvalue weighted by Gasteiger charge is -2.20. The minimum absolute atomic E-state index is 0.195. The summed E-state index contributed by atoms with van der Waals surface area (Å²) >= 11 is 0. The first-order valence-electron chi connectivity index (χ1n) is 8.01. The predicted molar refractivity (Wildman–Crippen MR) is 91.7 cm³/mol. The molecule has 2 N–H and O–H groups in total. The van der Waals surface area contributed by atoms with Crippen LogP contribution in [0.3, 0.4) is 0 Å². The first-order valence-corrected chi connectivity index (χ1v) is 8.01. The maximum atomic E-state index is 12.0. The lowest BCUT2D eigenvalue weighted by atomic mass is 9.99. The molecule has 2 atom stereocenters. The van der Waals surface area contributed by atoms with E-state index in [0.717, 1.165) is 10.9 Å². The number of ether oxygens (including phenoxy) is 1. The fourth-order valence-corrected chi connectivity index (χ4v) is 2.44. The summed E-state index contributed by atoms with van der Waals surface area (Å²) in [5.74, 6) is -1.45. The molecular formula is C18H21NO6. The highest BCUT2D eigenvalue weighted by molar-refractivity contribution is 5.85. The van der Waals surface area contributed by atoms with Crippen molar-refractivity contribution in [1.82, 2.24) is 5.32 Å². The maximum absolute atomic E-state index is 12.0. The fraction of sp³-hybridized carbons (Fsp3) is 0.389. The molecule has 0 radical (unpaired) electrons. The van der Waals surface area contributed by atoms with E-state index < -0.39 is 23.5 Å². The van der Waals surface area contributed by atoms with Crippen molar-refractivity contribution in [3.05, 3.63) is 40.2 Å². The van der Waals surface area contributed by atoms with Gasteiger partial charge in [-0.3, -0.25) is 4.79 Å². The quantitative estimate of drug-likeness (QED) is 0.743. The number of amides is 1. The molecule has 25 heavy (non-hydrogen) atoms. The van der Waals surface area contributed by atoms with Crippen LogP contribution in [0.4, 0.5) is 0 Å². The molecule has 0 bridgehead atoms. The Labute approximate surface area is 144 Å². The third-order valence-corrected chi connectivity index (χ3v) is 4.09. The second-order valence-electron chi connectivity index (χ2n) is 5.96. The molecule has 0 fully saturated rings. The van der Waals surface area contributed by atoms with Crippen LogP contribution in [0.15, 0.2) is 33.5 Å². The third-order valence-electron chi connectivity index (χ3n) is 4.09. The molecule has 0 spiro atoms. The minimum atomic E-state index is -1.08. The van der Waals surface area contributed by atoms with Crippen LogP contribution < -0.4 is 15.7 Å². The highest BCUT2D eigenvalue weighted by Crippen LogP contribution is 2.22. The Morgan fingerprint density at radius 3 is 2.68 bits per heavy atom. The summed E-state index contributed by atoms with van der Waals surface area (Å²) in [6.45, 7) is 5.08. The standard InChI is InChI=1S/C18H21NO6/c1-4-10(2)17(18(22)23)19-15(20)9-24-12-5-6-13-11(3)7-16(21)25-14(13)8-12/h5-8,10,17H,4,9H2,1-3H3,(H,19,20)(H,22,23). The zero-order valence-corrected chi connectivity index (χ0v) is 14.4. The van der Waals surface area contributed by atoms with E-state index in [2.05, 4.69) is 5.32 Å². The highest BCUT2D eigenvalue weighted by atomic mass is 16.5. The fourth-order valence-electron chi connectivity index (χ4n) is 2.44. The van der Waals surface area contributed by atoms with Crippen LogP contribution >= 0.6 is 0 Å². The number of carbonyl (C=O) groups is 2. The number of nitrogens with one attached hydrogen (secondary N) is 1. The number of carbonyl (C=O) groups excluding carboxylic acids is 1. The SMILES string of the molecule is CCC(C)C(NC(=O)COc1ccc2c(C)cc(=O)oc2c1)C(=O)O. The summed E-state index contributed by atoms with van der Waals surface area (Å²) in [4.78, 5) is 34.6. The molecule has 1 amide bonds. The van der Waals surface area contributed by atoms with Gasteiger partial charge in [-0.25, -0.2) is 9.59 Å². The zero-order valence-electron chi connectivity index (χ0n) is 14.4. The van der Waals surface area contributed by atoms with Gasteiger partial charge in [0.2, 0.25) is 0 Å². The van der Waals surface area contributed by atoms with Crippen molar-refractivity contribution in [1.29, 1.82) is 0 Å². The Bertz CT molecular complexity index is 841. The van der Waals surface area contributed by atoms with Crippen molar-refractivity contribution in [3.63, 3.8) is 0 Å². The van der Waals surface area contributed by atoms with Gasteiger partial charge in [-0.2, -0.15) is 0 Å². The van der Waals surface area contributed by atoms with E-state index in [1.165, 1.54) is 12.1 Å². The average Bonchev–Trinajstić information content (AvgIpc) is 2.56. The summed E-state index contributed by atoms with van der Waals surface area (Å²) in [5.41, 5.74) is 0.692. The number of carboxylic acid groups (broad SMARTS) is 1. The number of hydrogen-bond acceptors (Lipinski definition) is 5. The monoisotopic (exact) mass is 347 g/mol. The number of aryl methyl sites for hydroxylation is 1. The molecule has 0 saturated carbocycles. The Morgan fingerprint density at radius 1 is 1.32 bits per heavy atom. The van der Waals surface area contributed by atoms with Crippen LogP contribution in [0.5, 0.6) is 5.75 Å². The summed E-state index contributed by atoms with van der Waals surface area (Å²) in [7, 11) is 0. The average molecular weight is 347 g/mol. The molecular weight excluding hydrogens is 326 g/mol. The van der Waals surface area contributed by atoms with Crippen molar-refractivity contribution in [2.75, 3.05) is 6.61 Å². The van der Waals surface area contributed by atoms with Gasteiger partial charge in [-0.15, -0.1) is 0 Å². The number of benzene rings is 1. The zero-order chi connectivity index (χ0) is 18.6. The van der Waals surface area contributed by atoms with Crippen LogP contribution in [-0.4, -0.2) is 29.6 Å². The molecule has 2 rings (SSSR count). The number of carboxylic acids is 1. The molecule has 2 unspecified atom stereocenters. The summed E-state index contributed by atoms with van der Waals surface area (Å²) < 4.78 is 10.5. The van der Waals surface area contributed by atoms with Crippen molar-refractivity contribution in [3.8, 4) is 5.75 Å². The normalized spacial score (nSPS) is 13.2. The second-order valence-corrected chi connectivity index (χ2v) is 5.96. The van der Waals surface area contributed by atoms with Gasteiger partial charge in [0, 0.05) is 17.5 Å². The van der Waals surface area contributed by atoms with E-state index in [0.29, 0.717) is 17.8 Å². The number of aliphatic carboxylic acids is 1. The van der Waals surface area contributed by atoms with E-state index >= 15 is 0 Å². The summed E-state index contributed by atoms with van der Waals surface area (Å²) in [5, 5.41) is 12.4. The topological polar surface area (TPSA) is 106 Å². The van der Waals surface area contributed by atoms with E-state index in [9.17, 15) is 19.5 Å². The van der Waals surface area contributed by atoms with Gasteiger partial charge in [0.25, 0.3) is 5.91 Å². The Morgan fingerprint density at radius 2 is 2.04 bits per heavy atom. The molecule has 1 heterocycles. The number of hydrogen-bond donors (Lipinski definition) is 2. The molecule has 0 aliphatic carbocycles. The van der Waals surface area contributed by atoms with Crippen molar-refractivity contribution in [2.45, 2.75) is 33.2 Å². The van der Waals surface area contributed by atoms with Crippen LogP contribution in [0.1, 0.15) is 25.8 Å². The lowest BCUT2D eigenvalue weighted by molar-refractivity contribution is -0.143. The predicted octanol–water partition coefficient (Wildman–Crippen LogP) is 2.10. The molecule has 7 nitrogen and oxygen atoms in total. The third kappa shape index (κ3) is 4.59. The number of rotatable bonds is 7. The molecule has 1 aromatic carbocycles. The molecule has 0 saturated heterocycles. The molecule has 0 aliphatic rings. The van der Waals surface area contributed by atoms with Gasteiger partial charge in [0.15, 0.2) is 6.61 Å². The van der Waals surface area contributed by atoms with Gasteiger partial charge in [0.05, 0.1) is 0 Å². The van der Waals surface area contributed by atoms with Gasteiger partial charge in [0.1, 0.15) is 17.4 Å². The summed E-state index contributed by atoms with van der Waals surface area (Å²) in [6.07, 6.45) is 0.626. The van der Waals surface area contributed by atoms with Crippen molar-refractivity contribution < 1.29 is 23.8 Å².